The number of para-hydroxylation sites is 1. The Balaban J connectivity index is 1.23. The van der Waals surface area contributed by atoms with Crippen LogP contribution in [0.1, 0.15) is 26.2 Å². The third-order valence-corrected chi connectivity index (χ3v) is 7.55. The molecule has 0 saturated carbocycles. The Bertz CT molecular complexity index is 1490. The molecule has 2 N–H and O–H groups in total. The van der Waals surface area contributed by atoms with Gasteiger partial charge in [0.25, 0.3) is 0 Å². The van der Waals surface area contributed by atoms with Crippen molar-refractivity contribution < 1.29 is 9.53 Å². The molecule has 6 rings (SSSR count). The number of benzene rings is 2. The highest BCUT2D eigenvalue weighted by molar-refractivity contribution is 7.21. The molecule has 1 amide bonds. The molecule has 36 heavy (non-hydrogen) atoms. The maximum absolute atomic E-state index is 12.2. The van der Waals surface area contributed by atoms with Crippen LogP contribution in [0.5, 0.6) is 11.5 Å². The number of likely N-dealkylation sites (tertiary alicyclic amines) is 1. The lowest BCUT2D eigenvalue weighted by Gasteiger charge is -2.33. The molecule has 1 atom stereocenters. The van der Waals surface area contributed by atoms with Crippen LogP contribution in [0.15, 0.2) is 60.8 Å². The maximum atomic E-state index is 12.2. The molecule has 1 aliphatic rings. The molecule has 1 fully saturated rings. The van der Waals surface area contributed by atoms with E-state index in [-0.39, 0.29) is 11.9 Å². The largest absolute Gasteiger partial charge is 0.456 e. The average molecular weight is 499 g/mol. The number of fused-ring (bicyclic) bond motifs is 2. The quantitative estimate of drug-likeness (QED) is 0.305. The van der Waals surface area contributed by atoms with Gasteiger partial charge < -0.3 is 15.0 Å². The predicted octanol–water partition coefficient (Wildman–Crippen LogP) is 5.84. The van der Waals surface area contributed by atoms with Crippen LogP contribution in [-0.2, 0) is 4.79 Å². The van der Waals surface area contributed by atoms with Crippen LogP contribution in [0.3, 0.4) is 0 Å². The van der Waals surface area contributed by atoms with Crippen LogP contribution in [0.25, 0.3) is 31.8 Å². The zero-order valence-corrected chi connectivity index (χ0v) is 20.7. The van der Waals surface area contributed by atoms with Gasteiger partial charge in [-0.25, -0.2) is 9.97 Å². The fourth-order valence-electron chi connectivity index (χ4n) is 4.64. The van der Waals surface area contributed by atoms with E-state index in [1.54, 1.807) is 17.5 Å². The number of amides is 1. The molecule has 1 saturated heterocycles. The Morgan fingerprint density at radius 1 is 1.19 bits per heavy atom. The van der Waals surface area contributed by atoms with Crippen LogP contribution < -0.4 is 10.1 Å². The lowest BCUT2D eigenvalue weighted by atomic mass is 10.1. The van der Waals surface area contributed by atoms with Crippen molar-refractivity contribution in [3.8, 4) is 22.1 Å². The molecule has 0 bridgehead atoms. The summed E-state index contributed by atoms with van der Waals surface area (Å²) < 4.78 is 7.46. The average Bonchev–Trinajstić information content (AvgIpc) is 3.54. The summed E-state index contributed by atoms with van der Waals surface area (Å²) in [7, 11) is 0. The van der Waals surface area contributed by atoms with Crippen molar-refractivity contribution in [3.05, 3.63) is 60.8 Å². The molecule has 5 aromatic rings. The van der Waals surface area contributed by atoms with Crippen LogP contribution >= 0.6 is 11.3 Å². The monoisotopic (exact) mass is 498 g/mol. The summed E-state index contributed by atoms with van der Waals surface area (Å²) in [5.74, 6) is 2.27. The fourth-order valence-corrected chi connectivity index (χ4v) is 5.61. The Morgan fingerprint density at radius 2 is 2.06 bits per heavy atom. The number of carbonyl (C=O) groups excluding carboxylic acids is 1. The minimum absolute atomic E-state index is 0.127. The minimum atomic E-state index is 0.127. The zero-order valence-electron chi connectivity index (χ0n) is 19.9. The van der Waals surface area contributed by atoms with Crippen LogP contribution in [0, 0.1) is 0 Å². The number of nitrogens with zero attached hydrogens (tertiary/aromatic N) is 4. The summed E-state index contributed by atoms with van der Waals surface area (Å²) in [6.07, 6.45) is 4.18. The van der Waals surface area contributed by atoms with Crippen molar-refractivity contribution in [2.24, 2.45) is 0 Å². The summed E-state index contributed by atoms with van der Waals surface area (Å²) in [5, 5.41) is 12.8. The van der Waals surface area contributed by atoms with E-state index in [2.05, 4.69) is 26.6 Å². The van der Waals surface area contributed by atoms with E-state index in [1.165, 1.54) is 4.70 Å². The number of hydrogen-bond donors (Lipinski definition) is 2. The normalized spacial score (nSPS) is 15.9. The van der Waals surface area contributed by atoms with Crippen molar-refractivity contribution >= 4 is 44.3 Å². The van der Waals surface area contributed by atoms with E-state index < -0.39 is 0 Å². The number of H-pyrrole nitrogens is 1. The van der Waals surface area contributed by atoms with E-state index in [4.69, 9.17) is 9.72 Å². The molecular weight excluding hydrogens is 472 g/mol. The highest BCUT2D eigenvalue weighted by Crippen LogP contribution is 2.35. The van der Waals surface area contributed by atoms with Crippen molar-refractivity contribution in [3.63, 3.8) is 0 Å². The first-order valence-electron chi connectivity index (χ1n) is 12.2. The number of hydrogen-bond acceptors (Lipinski definition) is 7. The molecule has 0 aliphatic carbocycles. The van der Waals surface area contributed by atoms with Crippen molar-refractivity contribution in [1.82, 2.24) is 25.1 Å². The van der Waals surface area contributed by atoms with Crippen molar-refractivity contribution in [1.29, 1.82) is 0 Å². The second-order valence-electron chi connectivity index (χ2n) is 8.89. The Kier molecular flexibility index (Phi) is 5.98. The first-order chi connectivity index (χ1) is 17.7. The topological polar surface area (TPSA) is 96.0 Å². The molecule has 1 aliphatic heterocycles. The number of aromatic amines is 1. The smallest absolute Gasteiger partial charge is 0.222 e. The van der Waals surface area contributed by atoms with Gasteiger partial charge in [0.05, 0.1) is 10.2 Å². The number of pyridine rings is 1. The first kappa shape index (κ1) is 22.5. The molecule has 4 heterocycles. The van der Waals surface area contributed by atoms with Crippen LogP contribution in [0.4, 0.5) is 5.82 Å². The van der Waals surface area contributed by atoms with E-state index in [0.29, 0.717) is 30.2 Å². The highest BCUT2D eigenvalue weighted by Gasteiger charge is 2.24. The van der Waals surface area contributed by atoms with E-state index in [9.17, 15) is 4.79 Å². The van der Waals surface area contributed by atoms with Crippen molar-refractivity contribution in [2.75, 3.05) is 18.4 Å². The van der Waals surface area contributed by atoms with Gasteiger partial charge in [-0.15, -0.1) is 11.3 Å². The van der Waals surface area contributed by atoms with Crippen LogP contribution in [0.2, 0.25) is 0 Å². The Hall–Kier alpha value is -3.98. The second kappa shape index (κ2) is 9.58. The van der Waals surface area contributed by atoms with Gasteiger partial charge in [0, 0.05) is 43.4 Å². The third-order valence-electron chi connectivity index (χ3n) is 6.46. The molecular formula is C27H26N6O2S. The van der Waals surface area contributed by atoms with Gasteiger partial charge in [0.1, 0.15) is 21.9 Å². The molecule has 182 valence electrons. The predicted molar refractivity (Wildman–Crippen MR) is 143 cm³/mol. The van der Waals surface area contributed by atoms with Gasteiger partial charge in [-0.05, 0) is 49.2 Å². The van der Waals surface area contributed by atoms with Crippen LogP contribution in [-0.4, -0.2) is 50.1 Å². The number of rotatable bonds is 6. The summed E-state index contributed by atoms with van der Waals surface area (Å²) in [4.78, 5) is 23.3. The fraction of sp³-hybridized carbons (Fsp3) is 0.259. The third kappa shape index (κ3) is 4.37. The summed E-state index contributed by atoms with van der Waals surface area (Å²) >= 11 is 1.68. The number of ether oxygens (including phenoxy) is 1. The second-order valence-corrected chi connectivity index (χ2v) is 9.93. The lowest BCUT2D eigenvalue weighted by molar-refractivity contribution is -0.131. The molecule has 2 aromatic carbocycles. The number of piperidine rings is 1. The Labute approximate surface area is 212 Å². The van der Waals surface area contributed by atoms with E-state index in [1.807, 2.05) is 60.4 Å². The molecule has 9 heteroatoms. The highest BCUT2D eigenvalue weighted by atomic mass is 32.1. The van der Waals surface area contributed by atoms with Crippen molar-refractivity contribution in [2.45, 2.75) is 32.2 Å². The van der Waals surface area contributed by atoms with Gasteiger partial charge >= 0.3 is 0 Å². The zero-order chi connectivity index (χ0) is 24.5. The summed E-state index contributed by atoms with van der Waals surface area (Å²) in [5.41, 5.74) is 2.72. The minimum Gasteiger partial charge on any atom is -0.456 e. The molecule has 0 spiro atoms. The number of thiazole rings is 1. The molecule has 8 nitrogen and oxygen atoms in total. The molecule has 0 radical (unpaired) electrons. The lowest BCUT2D eigenvalue weighted by Crippen LogP contribution is -2.44. The molecule has 3 aromatic heterocycles. The number of anilines is 1. The van der Waals surface area contributed by atoms with Gasteiger partial charge in [-0.1, -0.05) is 19.1 Å². The standard InChI is InChI=1S/C27H26N6O2S/c1-2-23(34)33-15-5-6-18(16-33)29-26-24-21(13-14-28-25(24)31-32-26)35-19-11-9-17(10-12-19)27-30-20-7-3-4-8-22(20)36-27/h3-4,7-14,18H,2,5-6,15-16H2,1H3,(H2,28,29,31,32). The maximum Gasteiger partial charge on any atom is 0.222 e. The summed E-state index contributed by atoms with van der Waals surface area (Å²) in [6.45, 7) is 3.39. The van der Waals surface area contributed by atoms with Gasteiger partial charge in [0.2, 0.25) is 5.91 Å². The van der Waals surface area contributed by atoms with Gasteiger partial charge in [0.15, 0.2) is 11.5 Å². The number of carbonyl (C=O) groups is 1. The Morgan fingerprint density at radius 3 is 2.89 bits per heavy atom. The summed E-state index contributed by atoms with van der Waals surface area (Å²) in [6, 6.07) is 18.1. The first-order valence-corrected chi connectivity index (χ1v) is 13.0. The molecule has 1 unspecified atom stereocenters. The SMILES string of the molecule is CCC(=O)N1CCCC(Nc2n[nH]c3nccc(Oc4ccc(-c5nc6ccccc6s5)cc4)c23)C1. The number of nitrogens with one attached hydrogen (secondary N) is 2. The number of aromatic nitrogens is 4. The van der Waals surface area contributed by atoms with E-state index in [0.717, 1.165) is 46.6 Å². The van der Waals surface area contributed by atoms with Gasteiger partial charge in [-0.3, -0.25) is 9.89 Å². The van der Waals surface area contributed by atoms with E-state index >= 15 is 0 Å². The van der Waals surface area contributed by atoms with Gasteiger partial charge in [-0.2, -0.15) is 5.10 Å².